The van der Waals surface area contributed by atoms with Gasteiger partial charge in [0.2, 0.25) is 5.91 Å². The molecule has 1 fully saturated rings. The minimum Gasteiger partial charge on any atom is -0.394 e. The van der Waals surface area contributed by atoms with Gasteiger partial charge in [-0.1, -0.05) is 187 Å². The minimum absolute atomic E-state index is 0.138. The van der Waals surface area contributed by atoms with Crippen LogP contribution >= 0.6 is 0 Å². The van der Waals surface area contributed by atoms with Crippen LogP contribution in [0, 0.1) is 0 Å². The third-order valence-corrected chi connectivity index (χ3v) is 11.1. The molecule has 0 spiro atoms. The number of carbonyl (C=O) groups excluding carboxylic acids is 1. The summed E-state index contributed by atoms with van der Waals surface area (Å²) in [5, 5.41) is 54.2. The molecular formula is C45H87NO8. The van der Waals surface area contributed by atoms with E-state index in [1.807, 2.05) is 0 Å². The monoisotopic (exact) mass is 770 g/mol. The normalized spacial score (nSPS) is 21.5. The number of allylic oxidation sites excluding steroid dienone is 2. The molecule has 1 amide bonds. The Kier molecular flexibility index (Phi) is 34.2. The molecule has 0 bridgehead atoms. The van der Waals surface area contributed by atoms with Crippen LogP contribution in [0.1, 0.15) is 213 Å². The molecule has 0 aliphatic carbocycles. The van der Waals surface area contributed by atoms with Crippen molar-refractivity contribution in [3.63, 3.8) is 0 Å². The van der Waals surface area contributed by atoms with E-state index >= 15 is 0 Å². The Labute approximate surface area is 331 Å². The summed E-state index contributed by atoms with van der Waals surface area (Å²) in [4.78, 5) is 12.9. The predicted octanol–water partition coefficient (Wildman–Crippen LogP) is 9.34. The van der Waals surface area contributed by atoms with Crippen LogP contribution in [-0.2, 0) is 14.3 Å². The van der Waals surface area contributed by atoms with Gasteiger partial charge in [-0.3, -0.25) is 4.79 Å². The molecule has 0 radical (unpaired) electrons. The summed E-state index contributed by atoms with van der Waals surface area (Å²) in [5.74, 6) is -0.155. The smallest absolute Gasteiger partial charge is 0.220 e. The van der Waals surface area contributed by atoms with Gasteiger partial charge in [-0.25, -0.2) is 0 Å². The predicted molar refractivity (Wildman–Crippen MR) is 221 cm³/mol. The molecule has 1 aliphatic rings. The second kappa shape index (κ2) is 36.3. The van der Waals surface area contributed by atoms with Gasteiger partial charge in [0.25, 0.3) is 0 Å². The Morgan fingerprint density at radius 3 is 1.57 bits per heavy atom. The summed E-state index contributed by atoms with van der Waals surface area (Å²) in [5.41, 5.74) is 0. The van der Waals surface area contributed by atoms with Crippen molar-refractivity contribution in [2.24, 2.45) is 0 Å². The van der Waals surface area contributed by atoms with Crippen LogP contribution in [0.3, 0.4) is 0 Å². The summed E-state index contributed by atoms with van der Waals surface area (Å²) in [6.07, 6.45) is 33.7. The molecule has 7 unspecified atom stereocenters. The number of hydrogen-bond acceptors (Lipinski definition) is 8. The minimum atomic E-state index is -1.55. The van der Waals surface area contributed by atoms with Gasteiger partial charge < -0.3 is 40.3 Å². The summed E-state index contributed by atoms with van der Waals surface area (Å²) >= 11 is 0. The Balaban J connectivity index is 2.27. The van der Waals surface area contributed by atoms with Crippen molar-refractivity contribution in [1.82, 2.24) is 5.32 Å². The highest BCUT2D eigenvalue weighted by Gasteiger charge is 2.44. The molecule has 1 aliphatic heterocycles. The second-order valence-electron chi connectivity index (χ2n) is 16.2. The molecule has 7 atom stereocenters. The molecule has 0 aromatic carbocycles. The van der Waals surface area contributed by atoms with E-state index in [1.54, 1.807) is 0 Å². The zero-order valence-electron chi connectivity index (χ0n) is 35.0. The van der Waals surface area contributed by atoms with E-state index in [4.69, 9.17) is 9.47 Å². The maximum atomic E-state index is 12.9. The first kappa shape index (κ1) is 50.9. The number of hydrogen-bond donors (Lipinski definition) is 6. The zero-order chi connectivity index (χ0) is 39.5. The Morgan fingerprint density at radius 2 is 1.07 bits per heavy atom. The molecule has 54 heavy (non-hydrogen) atoms. The molecular weight excluding hydrogens is 682 g/mol. The molecule has 6 N–H and O–H groups in total. The van der Waals surface area contributed by atoms with Crippen molar-refractivity contribution < 1.29 is 39.8 Å². The molecule has 1 heterocycles. The van der Waals surface area contributed by atoms with Gasteiger partial charge >= 0.3 is 0 Å². The number of aliphatic hydroxyl groups excluding tert-OH is 5. The van der Waals surface area contributed by atoms with Crippen molar-refractivity contribution in [3.05, 3.63) is 12.2 Å². The average Bonchev–Trinajstić information content (AvgIpc) is 3.17. The van der Waals surface area contributed by atoms with Crippen LogP contribution in [0.15, 0.2) is 12.2 Å². The highest BCUT2D eigenvalue weighted by Crippen LogP contribution is 2.23. The quantitative estimate of drug-likeness (QED) is 0.0269. The second-order valence-corrected chi connectivity index (χ2v) is 16.2. The van der Waals surface area contributed by atoms with Crippen molar-refractivity contribution in [1.29, 1.82) is 0 Å². The summed E-state index contributed by atoms with van der Waals surface area (Å²) in [7, 11) is 0. The van der Waals surface area contributed by atoms with E-state index in [1.165, 1.54) is 122 Å². The molecule has 1 rings (SSSR count). The fraction of sp³-hybridized carbons (Fsp3) is 0.933. The highest BCUT2D eigenvalue weighted by atomic mass is 16.7. The largest absolute Gasteiger partial charge is 0.394 e. The molecule has 9 nitrogen and oxygen atoms in total. The van der Waals surface area contributed by atoms with E-state index in [2.05, 4.69) is 31.3 Å². The van der Waals surface area contributed by atoms with Gasteiger partial charge in [0, 0.05) is 6.42 Å². The maximum absolute atomic E-state index is 12.9. The number of unbranched alkanes of at least 4 members (excludes halogenated alkanes) is 26. The SMILES string of the molecule is CCC/C=C\CCCCCCCC(=O)NC(COC1OC(CO)C(O)C(O)C1O)C(O)CCCCCCCCCCCCCCCCCCCCCCC. The summed E-state index contributed by atoms with van der Waals surface area (Å²) in [6, 6.07) is -0.718. The van der Waals surface area contributed by atoms with Crippen molar-refractivity contribution in [3.8, 4) is 0 Å². The van der Waals surface area contributed by atoms with E-state index in [9.17, 15) is 30.3 Å². The molecule has 0 saturated carbocycles. The molecule has 0 aromatic heterocycles. The van der Waals surface area contributed by atoms with E-state index in [0.717, 1.165) is 64.2 Å². The average molecular weight is 770 g/mol. The number of carbonyl (C=O) groups is 1. The summed E-state index contributed by atoms with van der Waals surface area (Å²) in [6.45, 7) is 3.77. The van der Waals surface area contributed by atoms with Gasteiger partial charge in [0.1, 0.15) is 24.4 Å². The van der Waals surface area contributed by atoms with Gasteiger partial charge in [0.15, 0.2) is 6.29 Å². The summed E-state index contributed by atoms with van der Waals surface area (Å²) < 4.78 is 11.2. The standard InChI is InChI=1S/C45H87NO8/c1-3-5-7-9-11-13-15-16-17-18-19-20-21-22-23-24-25-26-28-30-32-34-39(48)38(37-53-45-44(52)43(51)42(50)40(36-47)54-45)46-41(49)35-33-31-29-27-14-12-10-8-6-4-2/h8,10,38-40,42-45,47-48,50-52H,3-7,9,11-37H2,1-2H3,(H,46,49)/b10-8-. The lowest BCUT2D eigenvalue weighted by atomic mass is 9.99. The lowest BCUT2D eigenvalue weighted by Gasteiger charge is -2.40. The van der Waals surface area contributed by atoms with Crippen LogP contribution in [-0.4, -0.2) is 87.5 Å². The van der Waals surface area contributed by atoms with Crippen LogP contribution in [0.2, 0.25) is 0 Å². The lowest BCUT2D eigenvalue weighted by molar-refractivity contribution is -0.302. The molecule has 1 saturated heterocycles. The third-order valence-electron chi connectivity index (χ3n) is 11.1. The number of rotatable bonds is 38. The number of ether oxygens (including phenoxy) is 2. The maximum Gasteiger partial charge on any atom is 0.220 e. The number of nitrogens with one attached hydrogen (secondary N) is 1. The molecule has 0 aromatic rings. The van der Waals surface area contributed by atoms with Crippen molar-refractivity contribution in [2.75, 3.05) is 13.2 Å². The van der Waals surface area contributed by atoms with Crippen LogP contribution in [0.5, 0.6) is 0 Å². The van der Waals surface area contributed by atoms with Crippen molar-refractivity contribution >= 4 is 5.91 Å². The molecule has 9 heteroatoms. The van der Waals surface area contributed by atoms with Gasteiger partial charge in [-0.2, -0.15) is 0 Å². The zero-order valence-corrected chi connectivity index (χ0v) is 35.0. The van der Waals surface area contributed by atoms with Crippen LogP contribution < -0.4 is 5.32 Å². The topological polar surface area (TPSA) is 149 Å². The molecule has 320 valence electrons. The van der Waals surface area contributed by atoms with Gasteiger partial charge in [-0.15, -0.1) is 0 Å². The Bertz CT molecular complexity index is 858. The fourth-order valence-corrected chi connectivity index (χ4v) is 7.40. The van der Waals surface area contributed by atoms with E-state index in [0.29, 0.717) is 12.8 Å². The first-order valence-electron chi connectivity index (χ1n) is 22.9. The first-order valence-corrected chi connectivity index (χ1v) is 22.9. The highest BCUT2D eigenvalue weighted by molar-refractivity contribution is 5.76. The Morgan fingerprint density at radius 1 is 0.611 bits per heavy atom. The fourth-order valence-electron chi connectivity index (χ4n) is 7.40. The van der Waals surface area contributed by atoms with Gasteiger partial charge in [0.05, 0.1) is 25.4 Å². The van der Waals surface area contributed by atoms with Crippen molar-refractivity contribution in [2.45, 2.75) is 256 Å². The van der Waals surface area contributed by atoms with E-state index < -0.39 is 49.5 Å². The number of amides is 1. The van der Waals surface area contributed by atoms with Crippen LogP contribution in [0.25, 0.3) is 0 Å². The lowest BCUT2D eigenvalue weighted by Crippen LogP contribution is -2.60. The first-order chi connectivity index (χ1) is 26.3. The number of aliphatic hydroxyl groups is 5. The van der Waals surface area contributed by atoms with Crippen LogP contribution in [0.4, 0.5) is 0 Å². The van der Waals surface area contributed by atoms with E-state index in [-0.39, 0.29) is 12.5 Å². The third kappa shape index (κ3) is 26.7. The van der Waals surface area contributed by atoms with Gasteiger partial charge in [-0.05, 0) is 32.1 Å². The Hall–Kier alpha value is -1.07.